The number of aromatic amines is 1. The number of H-pyrrole nitrogens is 1. The lowest BCUT2D eigenvalue weighted by molar-refractivity contribution is 0.0727. The molecule has 0 radical (unpaired) electrons. The standard InChI is InChI=1S/C24H17ClN2O/c25-15-11-9-14(10-12-15)19-13-27-23(16-5-1-2-6-17(16)24(27)28)22-21(19)18-7-3-4-8-20(18)26-22/h1-12,19,23,26H,13H2. The summed E-state index contributed by atoms with van der Waals surface area (Å²) in [6.45, 7) is 0.661. The van der Waals surface area contributed by atoms with Crippen molar-refractivity contribution in [1.82, 2.24) is 9.88 Å². The monoisotopic (exact) mass is 384 g/mol. The summed E-state index contributed by atoms with van der Waals surface area (Å²) in [5.41, 5.74) is 6.63. The summed E-state index contributed by atoms with van der Waals surface area (Å²) < 4.78 is 0. The van der Waals surface area contributed by atoms with Crippen LogP contribution in [0.25, 0.3) is 10.9 Å². The highest BCUT2D eigenvalue weighted by molar-refractivity contribution is 6.30. The van der Waals surface area contributed by atoms with E-state index in [1.165, 1.54) is 16.5 Å². The fraction of sp³-hybridized carbons (Fsp3) is 0.125. The number of carbonyl (C=O) groups is 1. The van der Waals surface area contributed by atoms with Crippen LogP contribution in [0.3, 0.4) is 0 Å². The third-order valence-corrected chi connectivity index (χ3v) is 6.36. The van der Waals surface area contributed by atoms with Gasteiger partial charge in [0.25, 0.3) is 5.91 Å². The third kappa shape index (κ3) is 2.08. The number of nitrogens with zero attached hydrogens (tertiary/aromatic N) is 1. The Balaban J connectivity index is 1.63. The van der Waals surface area contributed by atoms with Crippen LogP contribution in [0.4, 0.5) is 0 Å². The van der Waals surface area contributed by atoms with Crippen molar-refractivity contribution in [2.24, 2.45) is 0 Å². The summed E-state index contributed by atoms with van der Waals surface area (Å²) in [5.74, 6) is 0.224. The molecular weight excluding hydrogens is 368 g/mol. The van der Waals surface area contributed by atoms with Crippen molar-refractivity contribution in [2.75, 3.05) is 6.54 Å². The van der Waals surface area contributed by atoms with Crippen molar-refractivity contribution in [2.45, 2.75) is 12.0 Å². The normalized spacial score (nSPS) is 20.2. The van der Waals surface area contributed by atoms with Crippen LogP contribution in [0.15, 0.2) is 72.8 Å². The zero-order valence-corrected chi connectivity index (χ0v) is 15.8. The number of hydrogen-bond acceptors (Lipinski definition) is 1. The van der Waals surface area contributed by atoms with Crippen LogP contribution >= 0.6 is 11.6 Å². The van der Waals surface area contributed by atoms with E-state index >= 15 is 0 Å². The molecule has 2 aliphatic heterocycles. The van der Waals surface area contributed by atoms with Gasteiger partial charge in [-0.3, -0.25) is 4.79 Å². The molecule has 2 atom stereocenters. The molecule has 2 aliphatic rings. The minimum absolute atomic E-state index is 0.0466. The quantitative estimate of drug-likeness (QED) is 0.461. The molecule has 4 aromatic rings. The molecule has 0 bridgehead atoms. The third-order valence-electron chi connectivity index (χ3n) is 6.11. The second-order valence-corrected chi connectivity index (χ2v) is 7.99. The highest BCUT2D eigenvalue weighted by Crippen LogP contribution is 2.49. The number of nitrogens with one attached hydrogen (secondary N) is 1. The van der Waals surface area contributed by atoms with Gasteiger partial charge in [0.15, 0.2) is 0 Å². The van der Waals surface area contributed by atoms with Crippen molar-refractivity contribution < 1.29 is 4.79 Å². The predicted molar refractivity (Wildman–Crippen MR) is 111 cm³/mol. The summed E-state index contributed by atoms with van der Waals surface area (Å²) in [5, 5.41) is 1.95. The fourth-order valence-electron chi connectivity index (χ4n) is 4.90. The first-order valence-corrected chi connectivity index (χ1v) is 9.86. The molecule has 3 heterocycles. The van der Waals surface area contributed by atoms with Gasteiger partial charge in [-0.1, -0.05) is 60.1 Å². The van der Waals surface area contributed by atoms with Gasteiger partial charge in [0.1, 0.15) is 0 Å². The predicted octanol–water partition coefficient (Wildman–Crippen LogP) is 5.51. The molecule has 6 rings (SSSR count). The average molecular weight is 385 g/mol. The Hall–Kier alpha value is -3.04. The van der Waals surface area contributed by atoms with Gasteiger partial charge in [0.05, 0.1) is 6.04 Å². The van der Waals surface area contributed by atoms with E-state index in [0.29, 0.717) is 6.54 Å². The molecule has 28 heavy (non-hydrogen) atoms. The molecule has 0 spiro atoms. The van der Waals surface area contributed by atoms with Crippen molar-refractivity contribution in [3.63, 3.8) is 0 Å². The molecule has 0 aliphatic carbocycles. The maximum Gasteiger partial charge on any atom is 0.255 e. The maximum absolute atomic E-state index is 13.2. The van der Waals surface area contributed by atoms with E-state index < -0.39 is 0 Å². The number of carbonyl (C=O) groups excluding carboxylic acids is 1. The molecule has 1 aromatic heterocycles. The molecule has 2 unspecified atom stereocenters. The molecule has 0 saturated heterocycles. The Morgan fingerprint density at radius 1 is 0.929 bits per heavy atom. The lowest BCUT2D eigenvalue weighted by atomic mass is 9.83. The number of para-hydroxylation sites is 1. The largest absolute Gasteiger partial charge is 0.356 e. The van der Waals surface area contributed by atoms with Gasteiger partial charge in [-0.05, 0) is 41.0 Å². The molecule has 0 saturated carbocycles. The molecule has 0 fully saturated rings. The van der Waals surface area contributed by atoms with Gasteiger partial charge in [-0.2, -0.15) is 0 Å². The average Bonchev–Trinajstić information content (AvgIpc) is 3.25. The second-order valence-electron chi connectivity index (χ2n) is 7.55. The second kappa shape index (κ2) is 5.73. The number of aromatic nitrogens is 1. The van der Waals surface area contributed by atoms with Crippen LogP contribution in [0, 0.1) is 0 Å². The van der Waals surface area contributed by atoms with Gasteiger partial charge < -0.3 is 9.88 Å². The Morgan fingerprint density at radius 3 is 2.54 bits per heavy atom. The van der Waals surface area contributed by atoms with E-state index in [4.69, 9.17) is 11.6 Å². The Morgan fingerprint density at radius 2 is 1.68 bits per heavy atom. The van der Waals surface area contributed by atoms with Crippen LogP contribution in [0.2, 0.25) is 5.02 Å². The maximum atomic E-state index is 13.2. The highest BCUT2D eigenvalue weighted by atomic mass is 35.5. The van der Waals surface area contributed by atoms with Crippen molar-refractivity contribution in [3.05, 3.63) is 106 Å². The van der Waals surface area contributed by atoms with Gasteiger partial charge >= 0.3 is 0 Å². The molecule has 1 amide bonds. The van der Waals surface area contributed by atoms with E-state index in [9.17, 15) is 4.79 Å². The van der Waals surface area contributed by atoms with E-state index in [-0.39, 0.29) is 17.9 Å². The number of benzene rings is 3. The topological polar surface area (TPSA) is 36.1 Å². The van der Waals surface area contributed by atoms with E-state index in [2.05, 4.69) is 41.4 Å². The number of fused-ring (bicyclic) bond motifs is 7. The van der Waals surface area contributed by atoms with Gasteiger partial charge in [-0.15, -0.1) is 0 Å². The zero-order valence-electron chi connectivity index (χ0n) is 15.0. The van der Waals surface area contributed by atoms with E-state index in [1.807, 2.05) is 41.3 Å². The Bertz CT molecular complexity index is 1240. The fourth-order valence-corrected chi connectivity index (χ4v) is 5.03. The number of amides is 1. The smallest absolute Gasteiger partial charge is 0.255 e. The van der Waals surface area contributed by atoms with Crippen molar-refractivity contribution in [3.8, 4) is 0 Å². The van der Waals surface area contributed by atoms with Crippen LogP contribution in [-0.2, 0) is 0 Å². The molecule has 136 valence electrons. The SMILES string of the molecule is O=C1c2ccccc2C2c3[nH]c4ccccc4c3C(c3ccc(Cl)cc3)CN12. The van der Waals surface area contributed by atoms with Crippen LogP contribution < -0.4 is 0 Å². The first-order chi connectivity index (χ1) is 13.7. The Kier molecular flexibility index (Phi) is 3.27. The number of halogens is 1. The summed E-state index contributed by atoms with van der Waals surface area (Å²) in [6.07, 6.45) is 0. The van der Waals surface area contributed by atoms with Gasteiger partial charge in [0.2, 0.25) is 0 Å². The first-order valence-electron chi connectivity index (χ1n) is 9.48. The molecule has 4 heteroatoms. The minimum atomic E-state index is -0.0466. The van der Waals surface area contributed by atoms with E-state index in [1.54, 1.807) is 0 Å². The van der Waals surface area contributed by atoms with Gasteiger partial charge in [-0.25, -0.2) is 0 Å². The number of hydrogen-bond donors (Lipinski definition) is 1. The molecule has 3 nitrogen and oxygen atoms in total. The zero-order chi connectivity index (χ0) is 18.8. The van der Waals surface area contributed by atoms with Gasteiger partial charge in [0, 0.05) is 39.6 Å². The summed E-state index contributed by atoms with van der Waals surface area (Å²) in [7, 11) is 0. The van der Waals surface area contributed by atoms with E-state index in [0.717, 1.165) is 27.4 Å². The van der Waals surface area contributed by atoms with Crippen LogP contribution in [0.1, 0.15) is 44.7 Å². The van der Waals surface area contributed by atoms with Crippen LogP contribution in [0.5, 0.6) is 0 Å². The van der Waals surface area contributed by atoms with Crippen molar-refractivity contribution >= 4 is 28.4 Å². The lowest BCUT2D eigenvalue weighted by Crippen LogP contribution is -2.37. The molecule has 1 N–H and O–H groups in total. The molecule has 3 aromatic carbocycles. The highest BCUT2D eigenvalue weighted by Gasteiger charge is 2.45. The first kappa shape index (κ1) is 16.0. The van der Waals surface area contributed by atoms with Crippen molar-refractivity contribution in [1.29, 1.82) is 0 Å². The lowest BCUT2D eigenvalue weighted by Gasteiger charge is -2.36. The minimum Gasteiger partial charge on any atom is -0.356 e. The Labute approximate surface area is 167 Å². The molecular formula is C24H17ClN2O. The summed E-state index contributed by atoms with van der Waals surface area (Å²) in [6, 6.07) is 24.4. The van der Waals surface area contributed by atoms with Crippen LogP contribution in [-0.4, -0.2) is 22.3 Å². The summed E-state index contributed by atoms with van der Waals surface area (Å²) in [4.78, 5) is 18.8. The summed E-state index contributed by atoms with van der Waals surface area (Å²) >= 11 is 6.13. The number of rotatable bonds is 1.